The lowest BCUT2D eigenvalue weighted by atomic mass is 9.86. The summed E-state index contributed by atoms with van der Waals surface area (Å²) in [5.74, 6) is 0.644. The number of carbonyl (C=O) groups excluding carboxylic acids is 2. The van der Waals surface area contributed by atoms with Crippen molar-refractivity contribution < 1.29 is 14.3 Å². The van der Waals surface area contributed by atoms with E-state index in [9.17, 15) is 9.59 Å². The highest BCUT2D eigenvalue weighted by atomic mass is 32.2. The number of aryl methyl sites for hydroxylation is 1. The van der Waals surface area contributed by atoms with E-state index in [4.69, 9.17) is 4.74 Å². The first-order chi connectivity index (χ1) is 15.8. The average molecular weight is 468 g/mol. The maximum atomic E-state index is 13.2. The van der Waals surface area contributed by atoms with Gasteiger partial charge in [-0.15, -0.1) is 11.8 Å². The standard InChI is InChI=1S/C26H33N3O3S/c1-18-23(15-28-24(30)17-33-21-7-5-4-6-8-21)22-9-11-29(16-20(22)14-27-18)25(31)19-10-12-32-26(2,3)13-19/h4-8,14,19H,9-13,15-17H2,1-3H3,(H,28,30)/t19-/m0/s1. The molecule has 0 bridgehead atoms. The van der Waals surface area contributed by atoms with Gasteiger partial charge in [0.1, 0.15) is 0 Å². The molecule has 0 aliphatic carbocycles. The zero-order valence-corrected chi connectivity index (χ0v) is 20.5. The molecular formula is C26H33N3O3S. The van der Waals surface area contributed by atoms with E-state index in [0.717, 1.165) is 41.0 Å². The first-order valence-corrected chi connectivity index (χ1v) is 12.6. The quantitative estimate of drug-likeness (QED) is 0.653. The Balaban J connectivity index is 1.37. The third-order valence-electron chi connectivity index (χ3n) is 6.53. The van der Waals surface area contributed by atoms with Gasteiger partial charge in [0.2, 0.25) is 11.8 Å². The molecule has 1 fully saturated rings. The molecule has 0 spiro atoms. The molecule has 2 aromatic rings. The number of ether oxygens (including phenoxy) is 1. The third-order valence-corrected chi connectivity index (χ3v) is 7.54. The first kappa shape index (κ1) is 23.8. The molecule has 1 atom stereocenters. The number of hydrogen-bond acceptors (Lipinski definition) is 5. The summed E-state index contributed by atoms with van der Waals surface area (Å²) in [5, 5.41) is 3.06. The molecule has 4 rings (SSSR count). The van der Waals surface area contributed by atoms with Crippen molar-refractivity contribution in [1.29, 1.82) is 0 Å². The van der Waals surface area contributed by atoms with E-state index < -0.39 is 0 Å². The Morgan fingerprint density at radius 1 is 1.27 bits per heavy atom. The van der Waals surface area contributed by atoms with Gasteiger partial charge in [-0.05, 0) is 68.9 Å². The second-order valence-corrected chi connectivity index (χ2v) is 10.6. The van der Waals surface area contributed by atoms with E-state index in [0.29, 0.717) is 32.0 Å². The number of pyridine rings is 1. The van der Waals surface area contributed by atoms with E-state index in [1.807, 2.05) is 48.4 Å². The molecule has 1 saturated heterocycles. The molecule has 33 heavy (non-hydrogen) atoms. The Bertz CT molecular complexity index is 1010. The molecule has 1 aromatic heterocycles. The molecule has 2 aliphatic rings. The molecule has 7 heteroatoms. The third kappa shape index (κ3) is 5.95. The lowest BCUT2D eigenvalue weighted by Gasteiger charge is -2.38. The van der Waals surface area contributed by atoms with Crippen LogP contribution in [0.1, 0.15) is 49.1 Å². The number of thioether (sulfide) groups is 1. The van der Waals surface area contributed by atoms with Crippen molar-refractivity contribution in [2.75, 3.05) is 18.9 Å². The zero-order chi connectivity index (χ0) is 23.4. The minimum absolute atomic E-state index is 0.00982. The van der Waals surface area contributed by atoms with E-state index in [1.54, 1.807) is 0 Å². The summed E-state index contributed by atoms with van der Waals surface area (Å²) in [4.78, 5) is 33.3. The molecule has 1 aromatic carbocycles. The van der Waals surface area contributed by atoms with Crippen LogP contribution in [0.2, 0.25) is 0 Å². The Hall–Kier alpha value is -2.38. The first-order valence-electron chi connectivity index (χ1n) is 11.7. The largest absolute Gasteiger partial charge is 0.376 e. The van der Waals surface area contributed by atoms with Crippen molar-refractivity contribution in [3.63, 3.8) is 0 Å². The van der Waals surface area contributed by atoms with Crippen LogP contribution in [-0.2, 0) is 33.8 Å². The van der Waals surface area contributed by atoms with Gasteiger partial charge in [-0.25, -0.2) is 0 Å². The topological polar surface area (TPSA) is 71.5 Å². The van der Waals surface area contributed by atoms with Crippen LogP contribution in [-0.4, -0.2) is 46.2 Å². The predicted octanol–water partition coefficient (Wildman–Crippen LogP) is 3.89. The smallest absolute Gasteiger partial charge is 0.230 e. The van der Waals surface area contributed by atoms with Crippen LogP contribution in [0, 0.1) is 12.8 Å². The van der Waals surface area contributed by atoms with Crippen LogP contribution >= 0.6 is 11.8 Å². The van der Waals surface area contributed by atoms with Crippen molar-refractivity contribution in [3.05, 3.63) is 58.9 Å². The van der Waals surface area contributed by atoms with Gasteiger partial charge in [-0.1, -0.05) is 18.2 Å². The van der Waals surface area contributed by atoms with Crippen molar-refractivity contribution in [2.24, 2.45) is 5.92 Å². The van der Waals surface area contributed by atoms with Crippen LogP contribution < -0.4 is 5.32 Å². The van der Waals surface area contributed by atoms with E-state index >= 15 is 0 Å². The number of fused-ring (bicyclic) bond motifs is 1. The minimum atomic E-state index is -0.241. The number of carbonyl (C=O) groups is 2. The van der Waals surface area contributed by atoms with Crippen molar-refractivity contribution in [1.82, 2.24) is 15.2 Å². The summed E-state index contributed by atoms with van der Waals surface area (Å²) in [6, 6.07) is 9.93. The highest BCUT2D eigenvalue weighted by Gasteiger charge is 2.36. The minimum Gasteiger partial charge on any atom is -0.376 e. The summed E-state index contributed by atoms with van der Waals surface area (Å²) in [5.41, 5.74) is 4.11. The monoisotopic (exact) mass is 467 g/mol. The highest BCUT2D eigenvalue weighted by molar-refractivity contribution is 8.00. The fourth-order valence-electron chi connectivity index (χ4n) is 4.75. The van der Waals surface area contributed by atoms with Crippen molar-refractivity contribution in [3.8, 4) is 0 Å². The second kappa shape index (κ2) is 10.3. The summed E-state index contributed by atoms with van der Waals surface area (Å²) in [6.45, 7) is 8.51. The van der Waals surface area contributed by atoms with E-state index in [2.05, 4.69) is 24.1 Å². The Labute approximate surface area is 200 Å². The fourth-order valence-corrected chi connectivity index (χ4v) is 5.50. The number of hydrogen-bond donors (Lipinski definition) is 1. The van der Waals surface area contributed by atoms with Crippen LogP contribution in [0.4, 0.5) is 0 Å². The van der Waals surface area contributed by atoms with Gasteiger partial charge < -0.3 is 15.0 Å². The summed E-state index contributed by atoms with van der Waals surface area (Å²) in [6.07, 6.45) is 4.24. The van der Waals surface area contributed by atoms with Crippen molar-refractivity contribution in [2.45, 2.75) is 63.6 Å². The predicted molar refractivity (Wildman–Crippen MR) is 130 cm³/mol. The van der Waals surface area contributed by atoms with Crippen LogP contribution in [0.3, 0.4) is 0 Å². The molecule has 0 radical (unpaired) electrons. The maximum absolute atomic E-state index is 13.2. The molecule has 6 nitrogen and oxygen atoms in total. The molecule has 3 heterocycles. The van der Waals surface area contributed by atoms with E-state index in [1.165, 1.54) is 17.3 Å². The molecule has 1 N–H and O–H groups in total. The van der Waals surface area contributed by atoms with Gasteiger partial charge in [0.25, 0.3) is 0 Å². The molecular weight excluding hydrogens is 434 g/mol. The van der Waals surface area contributed by atoms with Gasteiger partial charge in [-0.3, -0.25) is 14.6 Å². The number of aromatic nitrogens is 1. The van der Waals surface area contributed by atoms with E-state index in [-0.39, 0.29) is 23.3 Å². The number of nitrogens with zero attached hydrogens (tertiary/aromatic N) is 2. The highest BCUT2D eigenvalue weighted by Crippen LogP contribution is 2.32. The van der Waals surface area contributed by atoms with Gasteiger partial charge in [0.05, 0.1) is 11.4 Å². The SMILES string of the molecule is Cc1ncc2c(c1CNC(=O)CSc1ccccc1)CCN(C(=O)[C@H]1CCOC(C)(C)C1)C2. The summed E-state index contributed by atoms with van der Waals surface area (Å²) in [7, 11) is 0. The van der Waals surface area contributed by atoms with Gasteiger partial charge in [0.15, 0.2) is 0 Å². The van der Waals surface area contributed by atoms with Crippen LogP contribution in [0.15, 0.2) is 41.4 Å². The zero-order valence-electron chi connectivity index (χ0n) is 19.7. The molecule has 2 amide bonds. The van der Waals surface area contributed by atoms with Gasteiger partial charge in [0, 0.05) is 48.9 Å². The van der Waals surface area contributed by atoms with Crippen LogP contribution in [0.25, 0.3) is 0 Å². The maximum Gasteiger partial charge on any atom is 0.230 e. The molecule has 0 saturated carbocycles. The Morgan fingerprint density at radius 3 is 2.82 bits per heavy atom. The number of rotatable bonds is 6. The molecule has 0 unspecified atom stereocenters. The fraction of sp³-hybridized carbons (Fsp3) is 0.500. The lowest BCUT2D eigenvalue weighted by molar-refractivity contribution is -0.146. The number of benzene rings is 1. The van der Waals surface area contributed by atoms with Crippen molar-refractivity contribution >= 4 is 23.6 Å². The average Bonchev–Trinajstić information content (AvgIpc) is 2.81. The second-order valence-electron chi connectivity index (χ2n) is 9.51. The van der Waals surface area contributed by atoms with Gasteiger partial charge in [-0.2, -0.15) is 0 Å². The Morgan fingerprint density at radius 2 is 2.06 bits per heavy atom. The summed E-state index contributed by atoms with van der Waals surface area (Å²) >= 11 is 1.53. The van der Waals surface area contributed by atoms with Crippen LogP contribution in [0.5, 0.6) is 0 Å². The number of amides is 2. The number of nitrogens with one attached hydrogen (secondary N) is 1. The summed E-state index contributed by atoms with van der Waals surface area (Å²) < 4.78 is 5.79. The van der Waals surface area contributed by atoms with Gasteiger partial charge >= 0.3 is 0 Å². The molecule has 2 aliphatic heterocycles. The Kier molecular flexibility index (Phi) is 7.39. The lowest BCUT2D eigenvalue weighted by Crippen LogP contribution is -2.45. The molecule has 176 valence electrons. The normalized spacial score (nSPS) is 19.6.